The minimum atomic E-state index is -3.32. The molecular formula is C13H25NO4S. The first-order chi connectivity index (χ1) is 8.50. The molecule has 6 heteroatoms. The number of sulfonamides is 1. The van der Waals surface area contributed by atoms with Gasteiger partial charge in [0.25, 0.3) is 0 Å². The van der Waals surface area contributed by atoms with E-state index in [1.807, 2.05) is 20.8 Å². The van der Waals surface area contributed by atoms with Crippen molar-refractivity contribution in [2.75, 3.05) is 0 Å². The van der Waals surface area contributed by atoms with E-state index in [0.717, 1.165) is 0 Å². The Hall–Kier alpha value is -0.620. The molecule has 0 aliphatic heterocycles. The molecule has 1 fully saturated rings. The SMILES string of the molecule is CC1C(NS(=O)(=O)C(C)C)CCC(C(=O)O)C1(C)C. The Kier molecular flexibility index (Phi) is 4.67. The summed E-state index contributed by atoms with van der Waals surface area (Å²) < 4.78 is 26.6. The van der Waals surface area contributed by atoms with Gasteiger partial charge in [-0.05, 0) is 38.0 Å². The zero-order chi connectivity index (χ0) is 15.0. The molecule has 0 saturated heterocycles. The number of carboxylic acid groups (broad SMARTS) is 1. The van der Waals surface area contributed by atoms with Crippen LogP contribution < -0.4 is 4.72 Å². The van der Waals surface area contributed by atoms with E-state index in [1.165, 1.54) is 0 Å². The van der Waals surface area contributed by atoms with E-state index in [0.29, 0.717) is 12.8 Å². The Morgan fingerprint density at radius 2 is 1.84 bits per heavy atom. The molecule has 112 valence electrons. The van der Waals surface area contributed by atoms with Crippen LogP contribution in [0.15, 0.2) is 0 Å². The van der Waals surface area contributed by atoms with Gasteiger partial charge in [0.2, 0.25) is 10.0 Å². The molecular weight excluding hydrogens is 266 g/mol. The molecule has 0 aromatic rings. The molecule has 0 radical (unpaired) electrons. The minimum absolute atomic E-state index is 0.0177. The van der Waals surface area contributed by atoms with Crippen molar-refractivity contribution in [3.05, 3.63) is 0 Å². The lowest BCUT2D eigenvalue weighted by Gasteiger charge is -2.46. The maximum atomic E-state index is 11.9. The van der Waals surface area contributed by atoms with E-state index >= 15 is 0 Å². The Bertz CT molecular complexity index is 442. The van der Waals surface area contributed by atoms with Gasteiger partial charge in [-0.25, -0.2) is 13.1 Å². The standard InChI is InChI=1S/C13H25NO4S/c1-8(2)19(17,18)14-11-7-6-10(12(15)16)13(4,5)9(11)3/h8-11,14H,6-7H2,1-5H3,(H,15,16). The third-order valence-electron chi connectivity index (χ3n) is 4.68. The summed E-state index contributed by atoms with van der Waals surface area (Å²) in [5.41, 5.74) is -0.422. The van der Waals surface area contributed by atoms with Crippen LogP contribution in [-0.2, 0) is 14.8 Å². The van der Waals surface area contributed by atoms with Crippen molar-refractivity contribution in [2.45, 2.75) is 58.8 Å². The van der Waals surface area contributed by atoms with Crippen LogP contribution in [0.2, 0.25) is 0 Å². The van der Waals surface area contributed by atoms with Crippen LogP contribution in [0.25, 0.3) is 0 Å². The van der Waals surface area contributed by atoms with Gasteiger partial charge in [-0.3, -0.25) is 4.79 Å². The van der Waals surface area contributed by atoms with E-state index in [-0.39, 0.29) is 12.0 Å². The lowest BCUT2D eigenvalue weighted by Crippen LogP contribution is -2.53. The predicted molar refractivity (Wildman–Crippen MR) is 74.3 cm³/mol. The Labute approximate surface area is 115 Å². The molecule has 3 atom stereocenters. The zero-order valence-electron chi connectivity index (χ0n) is 12.3. The molecule has 0 aromatic heterocycles. The van der Waals surface area contributed by atoms with Gasteiger partial charge in [0.15, 0.2) is 0 Å². The average Bonchev–Trinajstić information content (AvgIpc) is 2.23. The van der Waals surface area contributed by atoms with Gasteiger partial charge < -0.3 is 5.11 Å². The summed E-state index contributed by atoms with van der Waals surface area (Å²) >= 11 is 0. The smallest absolute Gasteiger partial charge is 0.307 e. The maximum absolute atomic E-state index is 11.9. The van der Waals surface area contributed by atoms with E-state index in [1.54, 1.807) is 13.8 Å². The van der Waals surface area contributed by atoms with Gasteiger partial charge in [-0.1, -0.05) is 20.8 Å². The van der Waals surface area contributed by atoms with E-state index in [4.69, 9.17) is 0 Å². The number of nitrogens with one attached hydrogen (secondary N) is 1. The lowest BCUT2D eigenvalue weighted by molar-refractivity contribution is -0.150. The largest absolute Gasteiger partial charge is 0.481 e. The van der Waals surface area contributed by atoms with Crippen LogP contribution in [0.3, 0.4) is 0 Å². The van der Waals surface area contributed by atoms with Crippen LogP contribution in [0.4, 0.5) is 0 Å². The van der Waals surface area contributed by atoms with Gasteiger partial charge in [-0.15, -0.1) is 0 Å². The fourth-order valence-electron chi connectivity index (χ4n) is 2.75. The van der Waals surface area contributed by atoms with Gasteiger partial charge in [0.05, 0.1) is 11.2 Å². The minimum Gasteiger partial charge on any atom is -0.481 e. The third kappa shape index (κ3) is 3.28. The fraction of sp³-hybridized carbons (Fsp3) is 0.923. The Morgan fingerprint density at radius 3 is 2.26 bits per heavy atom. The molecule has 1 rings (SSSR count). The molecule has 3 unspecified atom stereocenters. The normalized spacial score (nSPS) is 31.4. The van der Waals surface area contributed by atoms with Crippen molar-refractivity contribution in [1.29, 1.82) is 0 Å². The number of hydrogen-bond acceptors (Lipinski definition) is 3. The molecule has 5 nitrogen and oxygen atoms in total. The number of carbonyl (C=O) groups is 1. The summed E-state index contributed by atoms with van der Waals surface area (Å²) in [7, 11) is -3.32. The zero-order valence-corrected chi connectivity index (χ0v) is 13.1. The molecule has 0 bridgehead atoms. The molecule has 2 N–H and O–H groups in total. The second-order valence-corrected chi connectivity index (χ2v) is 8.66. The highest BCUT2D eigenvalue weighted by atomic mass is 32.2. The second kappa shape index (κ2) is 5.40. The number of carboxylic acids is 1. The van der Waals surface area contributed by atoms with Gasteiger partial charge in [-0.2, -0.15) is 0 Å². The first-order valence-electron chi connectivity index (χ1n) is 6.74. The summed E-state index contributed by atoms with van der Waals surface area (Å²) in [6.45, 7) is 9.03. The van der Waals surface area contributed by atoms with Crippen LogP contribution in [-0.4, -0.2) is 30.8 Å². The quantitative estimate of drug-likeness (QED) is 0.828. The summed E-state index contributed by atoms with van der Waals surface area (Å²) in [6.07, 6.45) is 1.09. The molecule has 0 heterocycles. The predicted octanol–water partition coefficient (Wildman–Crippen LogP) is 1.84. The third-order valence-corrected chi connectivity index (χ3v) is 6.55. The molecule has 0 spiro atoms. The molecule has 19 heavy (non-hydrogen) atoms. The average molecular weight is 291 g/mol. The molecule has 1 saturated carbocycles. The van der Waals surface area contributed by atoms with Crippen molar-refractivity contribution in [3.8, 4) is 0 Å². The van der Waals surface area contributed by atoms with Crippen molar-refractivity contribution in [2.24, 2.45) is 17.3 Å². The van der Waals surface area contributed by atoms with Crippen LogP contribution in [0, 0.1) is 17.3 Å². The Balaban J connectivity index is 2.90. The number of aliphatic carboxylic acids is 1. The van der Waals surface area contributed by atoms with E-state index in [9.17, 15) is 18.3 Å². The number of hydrogen-bond donors (Lipinski definition) is 2. The molecule has 1 aliphatic carbocycles. The highest BCUT2D eigenvalue weighted by Gasteiger charge is 2.47. The summed E-state index contributed by atoms with van der Waals surface area (Å²) in [5, 5.41) is 8.79. The van der Waals surface area contributed by atoms with Crippen LogP contribution >= 0.6 is 0 Å². The van der Waals surface area contributed by atoms with Crippen molar-refractivity contribution in [3.63, 3.8) is 0 Å². The van der Waals surface area contributed by atoms with Crippen LogP contribution in [0.5, 0.6) is 0 Å². The Morgan fingerprint density at radius 1 is 1.32 bits per heavy atom. The van der Waals surface area contributed by atoms with Crippen LogP contribution in [0.1, 0.15) is 47.5 Å². The summed E-state index contributed by atoms with van der Waals surface area (Å²) in [6, 6.07) is -0.182. The van der Waals surface area contributed by atoms with E-state index in [2.05, 4.69) is 4.72 Å². The van der Waals surface area contributed by atoms with Crippen molar-refractivity contribution < 1.29 is 18.3 Å². The highest BCUT2D eigenvalue weighted by Crippen LogP contribution is 2.45. The van der Waals surface area contributed by atoms with E-state index < -0.39 is 32.6 Å². The molecule has 0 amide bonds. The van der Waals surface area contributed by atoms with Gasteiger partial charge >= 0.3 is 5.97 Å². The maximum Gasteiger partial charge on any atom is 0.307 e. The highest BCUT2D eigenvalue weighted by molar-refractivity contribution is 7.90. The topological polar surface area (TPSA) is 83.5 Å². The van der Waals surface area contributed by atoms with Gasteiger partial charge in [0, 0.05) is 6.04 Å². The van der Waals surface area contributed by atoms with Crippen molar-refractivity contribution in [1.82, 2.24) is 4.72 Å². The second-order valence-electron chi connectivity index (χ2n) is 6.40. The van der Waals surface area contributed by atoms with Gasteiger partial charge in [0.1, 0.15) is 0 Å². The van der Waals surface area contributed by atoms with Crippen molar-refractivity contribution >= 4 is 16.0 Å². The first kappa shape index (κ1) is 16.4. The molecule has 0 aromatic carbocycles. The number of rotatable bonds is 4. The first-order valence-corrected chi connectivity index (χ1v) is 8.28. The summed E-state index contributed by atoms with van der Waals surface area (Å²) in [4.78, 5) is 11.3. The fourth-order valence-corrected chi connectivity index (χ4v) is 3.77. The molecule has 1 aliphatic rings. The summed E-state index contributed by atoms with van der Waals surface area (Å²) in [5.74, 6) is -1.22. The monoisotopic (exact) mass is 291 g/mol. The lowest BCUT2D eigenvalue weighted by atomic mass is 9.61.